The third kappa shape index (κ3) is 2.07. The first-order chi connectivity index (χ1) is 7.58. The van der Waals surface area contributed by atoms with Crippen molar-refractivity contribution in [3.05, 3.63) is 17.7 Å². The maximum absolute atomic E-state index is 9.40. The second-order valence-electron chi connectivity index (χ2n) is 4.46. The van der Waals surface area contributed by atoms with E-state index >= 15 is 0 Å². The monoisotopic (exact) mass is 223 g/mol. The molecule has 2 rings (SSSR count). The maximum atomic E-state index is 9.40. The lowest BCUT2D eigenvalue weighted by atomic mass is 10.0. The molecule has 0 aliphatic carbocycles. The quantitative estimate of drug-likeness (QED) is 0.664. The minimum Gasteiger partial charge on any atom is -0.504 e. The standard InChI is InChI=1S/C12H17NO3/c1-13-4-2-3-9(13)5-8-6-10(14)12(16)11(15)7-8/h6-7,9,14-16H,2-5H2,1H3. The molecule has 1 unspecified atom stereocenters. The van der Waals surface area contributed by atoms with Crippen LogP contribution >= 0.6 is 0 Å². The van der Waals surface area contributed by atoms with Crippen LogP contribution in [0.15, 0.2) is 12.1 Å². The van der Waals surface area contributed by atoms with Crippen LogP contribution in [0.4, 0.5) is 0 Å². The summed E-state index contributed by atoms with van der Waals surface area (Å²) in [6.07, 6.45) is 3.12. The Labute approximate surface area is 94.8 Å². The Morgan fingerprint density at radius 1 is 1.25 bits per heavy atom. The van der Waals surface area contributed by atoms with Crippen molar-refractivity contribution in [3.63, 3.8) is 0 Å². The number of phenols is 3. The molecule has 1 heterocycles. The zero-order chi connectivity index (χ0) is 11.7. The van der Waals surface area contributed by atoms with Crippen LogP contribution in [-0.2, 0) is 6.42 Å². The highest BCUT2D eigenvalue weighted by molar-refractivity contribution is 5.51. The first-order valence-electron chi connectivity index (χ1n) is 5.52. The Kier molecular flexibility index (Phi) is 2.92. The Balaban J connectivity index is 2.15. The molecule has 4 nitrogen and oxygen atoms in total. The van der Waals surface area contributed by atoms with Gasteiger partial charge in [0.2, 0.25) is 0 Å². The molecule has 1 fully saturated rings. The molecular formula is C12H17NO3. The number of phenolic OH excluding ortho intramolecular Hbond substituents is 3. The van der Waals surface area contributed by atoms with Crippen molar-refractivity contribution in [2.45, 2.75) is 25.3 Å². The molecule has 4 heteroatoms. The molecule has 0 radical (unpaired) electrons. The lowest BCUT2D eigenvalue weighted by molar-refractivity contribution is 0.308. The molecule has 0 bridgehead atoms. The summed E-state index contributed by atoms with van der Waals surface area (Å²) in [5.74, 6) is -0.949. The van der Waals surface area contributed by atoms with Gasteiger partial charge in [-0.05, 0) is 50.6 Å². The van der Waals surface area contributed by atoms with Crippen LogP contribution in [0.2, 0.25) is 0 Å². The number of rotatable bonds is 2. The number of aromatic hydroxyl groups is 3. The molecule has 1 saturated heterocycles. The van der Waals surface area contributed by atoms with Gasteiger partial charge in [-0.1, -0.05) is 0 Å². The van der Waals surface area contributed by atoms with Gasteiger partial charge in [0.05, 0.1) is 0 Å². The van der Waals surface area contributed by atoms with E-state index in [1.807, 2.05) is 0 Å². The van der Waals surface area contributed by atoms with Gasteiger partial charge in [0.25, 0.3) is 0 Å². The van der Waals surface area contributed by atoms with Gasteiger partial charge in [0.1, 0.15) is 0 Å². The summed E-state index contributed by atoms with van der Waals surface area (Å²) in [6, 6.07) is 3.49. The number of hydrogen-bond donors (Lipinski definition) is 3. The van der Waals surface area contributed by atoms with Crippen LogP contribution in [0, 0.1) is 0 Å². The highest BCUT2D eigenvalue weighted by Crippen LogP contribution is 2.36. The molecule has 1 aromatic carbocycles. The Morgan fingerprint density at radius 3 is 2.38 bits per heavy atom. The van der Waals surface area contributed by atoms with E-state index in [-0.39, 0.29) is 11.5 Å². The molecular weight excluding hydrogens is 206 g/mol. The summed E-state index contributed by atoms with van der Waals surface area (Å²) in [4.78, 5) is 2.28. The van der Waals surface area contributed by atoms with Gasteiger partial charge in [-0.3, -0.25) is 0 Å². The largest absolute Gasteiger partial charge is 0.504 e. The average molecular weight is 223 g/mol. The summed E-state index contributed by atoms with van der Waals surface area (Å²) in [5, 5.41) is 28.0. The second kappa shape index (κ2) is 4.22. The smallest absolute Gasteiger partial charge is 0.200 e. The van der Waals surface area contributed by atoms with E-state index in [2.05, 4.69) is 11.9 Å². The van der Waals surface area contributed by atoms with Gasteiger partial charge in [-0.25, -0.2) is 0 Å². The number of hydrogen-bond acceptors (Lipinski definition) is 4. The Hall–Kier alpha value is -1.42. The molecule has 0 aromatic heterocycles. The van der Waals surface area contributed by atoms with E-state index in [4.69, 9.17) is 0 Å². The van der Waals surface area contributed by atoms with Crippen LogP contribution in [0.3, 0.4) is 0 Å². The second-order valence-corrected chi connectivity index (χ2v) is 4.46. The first-order valence-corrected chi connectivity index (χ1v) is 5.52. The van der Waals surface area contributed by atoms with Crippen LogP contribution in [0.1, 0.15) is 18.4 Å². The van der Waals surface area contributed by atoms with E-state index in [1.165, 1.54) is 18.6 Å². The molecule has 0 amide bonds. The van der Waals surface area contributed by atoms with E-state index < -0.39 is 5.75 Å². The number of likely N-dealkylation sites (tertiary alicyclic amines) is 1. The van der Waals surface area contributed by atoms with Gasteiger partial charge in [0, 0.05) is 6.04 Å². The summed E-state index contributed by atoms with van der Waals surface area (Å²) >= 11 is 0. The number of benzene rings is 1. The van der Waals surface area contributed by atoms with Gasteiger partial charge >= 0.3 is 0 Å². The third-order valence-corrected chi connectivity index (χ3v) is 3.27. The van der Waals surface area contributed by atoms with Crippen molar-refractivity contribution in [2.24, 2.45) is 0 Å². The van der Waals surface area contributed by atoms with Crippen LogP contribution in [0.5, 0.6) is 17.2 Å². The normalized spacial score (nSPS) is 21.4. The van der Waals surface area contributed by atoms with Crippen molar-refractivity contribution in [3.8, 4) is 17.2 Å². The van der Waals surface area contributed by atoms with Crippen molar-refractivity contribution in [1.29, 1.82) is 0 Å². The SMILES string of the molecule is CN1CCCC1Cc1cc(O)c(O)c(O)c1. The highest BCUT2D eigenvalue weighted by atomic mass is 16.3. The van der Waals surface area contributed by atoms with Crippen LogP contribution < -0.4 is 0 Å². The topological polar surface area (TPSA) is 63.9 Å². The fourth-order valence-electron chi connectivity index (χ4n) is 2.29. The summed E-state index contributed by atoms with van der Waals surface area (Å²) in [5.41, 5.74) is 0.853. The molecule has 1 aliphatic heterocycles. The Morgan fingerprint density at radius 2 is 1.88 bits per heavy atom. The van der Waals surface area contributed by atoms with Gasteiger partial charge < -0.3 is 20.2 Å². The molecule has 3 N–H and O–H groups in total. The maximum Gasteiger partial charge on any atom is 0.200 e. The molecule has 0 spiro atoms. The molecule has 16 heavy (non-hydrogen) atoms. The minimum absolute atomic E-state index is 0.254. The van der Waals surface area contributed by atoms with Crippen molar-refractivity contribution < 1.29 is 15.3 Å². The molecule has 1 aromatic rings. The fraction of sp³-hybridized carbons (Fsp3) is 0.500. The minimum atomic E-state index is -0.441. The third-order valence-electron chi connectivity index (χ3n) is 3.27. The predicted molar refractivity (Wildman–Crippen MR) is 60.8 cm³/mol. The molecule has 1 atom stereocenters. The first kappa shape index (κ1) is 11.1. The van der Waals surface area contributed by atoms with E-state index in [0.717, 1.165) is 24.9 Å². The summed E-state index contributed by atoms with van der Waals surface area (Å²) in [7, 11) is 2.08. The van der Waals surface area contributed by atoms with E-state index in [9.17, 15) is 15.3 Å². The lowest BCUT2D eigenvalue weighted by Crippen LogP contribution is -2.26. The Bertz CT molecular complexity index is 369. The zero-order valence-electron chi connectivity index (χ0n) is 9.35. The number of likely N-dealkylation sites (N-methyl/N-ethyl adjacent to an activating group) is 1. The fourth-order valence-corrected chi connectivity index (χ4v) is 2.29. The average Bonchev–Trinajstić information content (AvgIpc) is 2.61. The van der Waals surface area contributed by atoms with E-state index in [0.29, 0.717) is 6.04 Å². The van der Waals surface area contributed by atoms with Crippen molar-refractivity contribution >= 4 is 0 Å². The van der Waals surface area contributed by atoms with Crippen LogP contribution in [-0.4, -0.2) is 39.9 Å². The molecule has 0 saturated carbocycles. The van der Waals surface area contributed by atoms with Crippen molar-refractivity contribution in [1.82, 2.24) is 4.90 Å². The van der Waals surface area contributed by atoms with Gasteiger partial charge in [-0.15, -0.1) is 0 Å². The zero-order valence-corrected chi connectivity index (χ0v) is 9.35. The van der Waals surface area contributed by atoms with Crippen molar-refractivity contribution in [2.75, 3.05) is 13.6 Å². The highest BCUT2D eigenvalue weighted by Gasteiger charge is 2.21. The van der Waals surface area contributed by atoms with Crippen LogP contribution in [0.25, 0.3) is 0 Å². The predicted octanol–water partition coefficient (Wildman–Crippen LogP) is 1.44. The molecule has 88 valence electrons. The van der Waals surface area contributed by atoms with Gasteiger partial charge in [-0.2, -0.15) is 0 Å². The lowest BCUT2D eigenvalue weighted by Gasteiger charge is -2.19. The van der Waals surface area contributed by atoms with Gasteiger partial charge in [0.15, 0.2) is 17.2 Å². The molecule has 1 aliphatic rings. The van der Waals surface area contributed by atoms with E-state index in [1.54, 1.807) is 0 Å². The summed E-state index contributed by atoms with van der Waals surface area (Å²) < 4.78 is 0. The summed E-state index contributed by atoms with van der Waals surface area (Å²) in [6.45, 7) is 1.10. The number of nitrogens with zero attached hydrogens (tertiary/aromatic N) is 1.